The molecule has 0 aliphatic rings. The Morgan fingerprint density at radius 3 is 2.43 bits per heavy atom. The molecule has 1 heterocycles. The number of aryl methyl sites for hydroxylation is 1. The van der Waals surface area contributed by atoms with Crippen molar-refractivity contribution in [2.45, 2.75) is 6.92 Å². The first-order chi connectivity index (χ1) is 13.5. The minimum atomic E-state index is -0.713. The van der Waals surface area contributed by atoms with E-state index in [9.17, 15) is 14.4 Å². The number of hydrogen-bond acceptors (Lipinski definition) is 6. The maximum Gasteiger partial charge on any atom is 0.340 e. The number of para-hydroxylation sites is 1. The van der Waals surface area contributed by atoms with Crippen molar-refractivity contribution >= 4 is 39.9 Å². The van der Waals surface area contributed by atoms with Gasteiger partial charge in [0.05, 0.1) is 16.9 Å². The Morgan fingerprint density at radius 2 is 1.71 bits per heavy atom. The highest BCUT2D eigenvalue weighted by Crippen LogP contribution is 2.18. The summed E-state index contributed by atoms with van der Waals surface area (Å²) in [6, 6.07) is 15.1. The molecule has 1 aromatic heterocycles. The Balaban J connectivity index is 1.62. The Hall–Kier alpha value is -3.52. The summed E-state index contributed by atoms with van der Waals surface area (Å²) < 4.78 is 5.07. The van der Waals surface area contributed by atoms with E-state index in [4.69, 9.17) is 4.74 Å². The van der Waals surface area contributed by atoms with Crippen LogP contribution < -0.4 is 10.6 Å². The summed E-state index contributed by atoms with van der Waals surface area (Å²) in [4.78, 5) is 40.7. The predicted molar refractivity (Wildman–Crippen MR) is 107 cm³/mol. The molecule has 0 aliphatic carbocycles. The highest BCUT2D eigenvalue weighted by molar-refractivity contribution is 7.13. The molecule has 0 saturated heterocycles. The number of ether oxygens (including phenoxy) is 1. The number of aromatic nitrogens is 1. The Labute approximate surface area is 165 Å². The van der Waals surface area contributed by atoms with E-state index >= 15 is 0 Å². The number of carbonyl (C=O) groups is 3. The van der Waals surface area contributed by atoms with E-state index < -0.39 is 18.5 Å². The molecule has 0 radical (unpaired) electrons. The zero-order valence-corrected chi connectivity index (χ0v) is 15.8. The number of nitrogens with zero attached hydrogens (tertiary/aromatic N) is 1. The van der Waals surface area contributed by atoms with Crippen molar-refractivity contribution in [1.29, 1.82) is 0 Å². The summed E-state index contributed by atoms with van der Waals surface area (Å²) >= 11 is 1.28. The Bertz CT molecular complexity index is 1000. The summed E-state index contributed by atoms with van der Waals surface area (Å²) in [5.74, 6) is -1.55. The molecular formula is C20H17N3O4S. The fraction of sp³-hybridized carbons (Fsp3) is 0.100. The highest BCUT2D eigenvalue weighted by Gasteiger charge is 2.17. The lowest BCUT2D eigenvalue weighted by Gasteiger charge is -2.11. The van der Waals surface area contributed by atoms with Crippen molar-refractivity contribution in [3.63, 3.8) is 0 Å². The van der Waals surface area contributed by atoms with Gasteiger partial charge in [-0.1, -0.05) is 30.3 Å². The van der Waals surface area contributed by atoms with Crippen molar-refractivity contribution in [3.8, 4) is 0 Å². The average Bonchev–Trinajstić information content (AvgIpc) is 3.11. The van der Waals surface area contributed by atoms with E-state index in [1.54, 1.807) is 53.9 Å². The normalized spacial score (nSPS) is 10.2. The number of rotatable bonds is 6. The van der Waals surface area contributed by atoms with Crippen LogP contribution in [0.1, 0.15) is 26.4 Å². The number of thiazole rings is 1. The van der Waals surface area contributed by atoms with Crippen LogP contribution in [0.2, 0.25) is 0 Å². The zero-order chi connectivity index (χ0) is 19.9. The van der Waals surface area contributed by atoms with Gasteiger partial charge in [-0.15, -0.1) is 11.3 Å². The van der Waals surface area contributed by atoms with Gasteiger partial charge in [0.15, 0.2) is 11.7 Å². The van der Waals surface area contributed by atoms with E-state index in [2.05, 4.69) is 15.6 Å². The van der Waals surface area contributed by atoms with Crippen LogP contribution in [0, 0.1) is 6.92 Å². The summed E-state index contributed by atoms with van der Waals surface area (Å²) in [6.07, 6.45) is 0. The summed E-state index contributed by atoms with van der Waals surface area (Å²) in [5, 5.41) is 7.49. The largest absolute Gasteiger partial charge is 0.452 e. The number of carbonyl (C=O) groups excluding carboxylic acids is 3. The zero-order valence-electron chi connectivity index (χ0n) is 15.0. The van der Waals surface area contributed by atoms with Gasteiger partial charge in [-0.2, -0.15) is 0 Å². The summed E-state index contributed by atoms with van der Waals surface area (Å²) in [5.41, 5.74) is 1.71. The second-order valence-corrected chi connectivity index (χ2v) is 6.64. The lowest BCUT2D eigenvalue weighted by atomic mass is 10.1. The lowest BCUT2D eigenvalue weighted by molar-refractivity contribution is -0.119. The van der Waals surface area contributed by atoms with Crippen LogP contribution >= 0.6 is 11.3 Å². The molecule has 3 rings (SSSR count). The van der Waals surface area contributed by atoms with Crippen molar-refractivity contribution in [1.82, 2.24) is 4.98 Å². The predicted octanol–water partition coefficient (Wildman–Crippen LogP) is 3.50. The van der Waals surface area contributed by atoms with Crippen LogP contribution in [0.25, 0.3) is 0 Å². The molecule has 0 atom stereocenters. The van der Waals surface area contributed by atoms with Gasteiger partial charge in [0.25, 0.3) is 11.8 Å². The fourth-order valence-electron chi connectivity index (χ4n) is 2.33. The van der Waals surface area contributed by atoms with Gasteiger partial charge < -0.3 is 10.1 Å². The highest BCUT2D eigenvalue weighted by atomic mass is 32.1. The quantitative estimate of drug-likeness (QED) is 0.623. The molecule has 0 aliphatic heterocycles. The Morgan fingerprint density at radius 1 is 1.00 bits per heavy atom. The van der Waals surface area contributed by atoms with E-state index in [0.29, 0.717) is 16.4 Å². The van der Waals surface area contributed by atoms with Gasteiger partial charge in [-0.05, 0) is 31.2 Å². The number of esters is 1. The molecule has 2 aromatic carbocycles. The number of benzene rings is 2. The van der Waals surface area contributed by atoms with Gasteiger partial charge in [-0.25, -0.2) is 9.78 Å². The maximum absolute atomic E-state index is 12.4. The first-order valence-electron chi connectivity index (χ1n) is 8.37. The molecule has 2 amide bonds. The van der Waals surface area contributed by atoms with Gasteiger partial charge >= 0.3 is 5.97 Å². The third kappa shape index (κ3) is 5.01. The van der Waals surface area contributed by atoms with E-state index in [1.165, 1.54) is 17.4 Å². The van der Waals surface area contributed by atoms with Crippen molar-refractivity contribution in [2.24, 2.45) is 0 Å². The number of nitrogens with one attached hydrogen (secondary N) is 2. The van der Waals surface area contributed by atoms with Crippen LogP contribution in [0.4, 0.5) is 10.8 Å². The van der Waals surface area contributed by atoms with Gasteiger partial charge in [-0.3, -0.25) is 14.9 Å². The second-order valence-electron chi connectivity index (χ2n) is 5.78. The van der Waals surface area contributed by atoms with Crippen molar-refractivity contribution in [3.05, 3.63) is 76.8 Å². The topological polar surface area (TPSA) is 97.4 Å². The summed E-state index contributed by atoms with van der Waals surface area (Å²) in [6.45, 7) is 1.35. The molecule has 0 unspecified atom stereocenters. The molecule has 28 heavy (non-hydrogen) atoms. The molecule has 3 aromatic rings. The molecule has 2 N–H and O–H groups in total. The standard InChI is InChI=1S/C20H17N3O4S/c1-13-12-28-20(21-13)23-17(24)11-27-19(26)15-9-5-6-10-16(15)22-18(25)14-7-3-2-4-8-14/h2-10,12H,11H2,1H3,(H,22,25)(H,21,23,24). The molecule has 0 fully saturated rings. The van der Waals surface area contributed by atoms with Crippen molar-refractivity contribution in [2.75, 3.05) is 17.2 Å². The number of hydrogen-bond donors (Lipinski definition) is 2. The van der Waals surface area contributed by atoms with E-state index in [1.807, 2.05) is 6.92 Å². The van der Waals surface area contributed by atoms with Crippen LogP contribution in [0.3, 0.4) is 0 Å². The third-order valence-corrected chi connectivity index (χ3v) is 4.51. The molecule has 7 nitrogen and oxygen atoms in total. The first kappa shape index (κ1) is 19.2. The van der Waals surface area contributed by atoms with Crippen molar-refractivity contribution < 1.29 is 19.1 Å². The van der Waals surface area contributed by atoms with E-state index in [0.717, 1.165) is 5.69 Å². The van der Waals surface area contributed by atoms with Gasteiger partial charge in [0.1, 0.15) is 0 Å². The SMILES string of the molecule is Cc1csc(NC(=O)COC(=O)c2ccccc2NC(=O)c2ccccc2)n1. The molecule has 8 heteroatoms. The van der Waals surface area contributed by atoms with Crippen LogP contribution in [0.5, 0.6) is 0 Å². The average molecular weight is 395 g/mol. The molecular weight excluding hydrogens is 378 g/mol. The monoisotopic (exact) mass is 395 g/mol. The van der Waals surface area contributed by atoms with E-state index in [-0.39, 0.29) is 11.5 Å². The maximum atomic E-state index is 12.4. The van der Waals surface area contributed by atoms with Crippen LogP contribution in [-0.4, -0.2) is 29.4 Å². The van der Waals surface area contributed by atoms with Crippen LogP contribution in [0.15, 0.2) is 60.0 Å². The molecule has 0 saturated carbocycles. The van der Waals surface area contributed by atoms with Gasteiger partial charge in [0, 0.05) is 10.9 Å². The van der Waals surface area contributed by atoms with Gasteiger partial charge in [0.2, 0.25) is 0 Å². The Kier molecular flexibility index (Phi) is 6.13. The summed E-state index contributed by atoms with van der Waals surface area (Å²) in [7, 11) is 0. The molecule has 0 bridgehead atoms. The van der Waals surface area contributed by atoms with Crippen LogP contribution in [-0.2, 0) is 9.53 Å². The molecule has 142 valence electrons. The lowest BCUT2D eigenvalue weighted by Crippen LogP contribution is -2.22. The smallest absolute Gasteiger partial charge is 0.340 e. The fourth-order valence-corrected chi connectivity index (χ4v) is 3.03. The first-order valence-corrected chi connectivity index (χ1v) is 9.25. The third-order valence-electron chi connectivity index (χ3n) is 3.63. The number of anilines is 2. The second kappa shape index (κ2) is 8.92. The molecule has 0 spiro atoms. The number of amides is 2. The minimum absolute atomic E-state index is 0.157. The minimum Gasteiger partial charge on any atom is -0.452 e.